The van der Waals surface area contributed by atoms with Crippen molar-refractivity contribution < 1.29 is 4.79 Å². The van der Waals surface area contributed by atoms with E-state index >= 15 is 0 Å². The summed E-state index contributed by atoms with van der Waals surface area (Å²) < 4.78 is 3.17. The maximum Gasteiger partial charge on any atom is 0.332 e. The number of nitrogens with one attached hydrogen (secondary N) is 1. The van der Waals surface area contributed by atoms with Gasteiger partial charge >= 0.3 is 6.03 Å². The molecule has 1 N–H and O–H groups in total. The van der Waals surface area contributed by atoms with E-state index in [1.807, 2.05) is 36.4 Å². The van der Waals surface area contributed by atoms with E-state index in [0.29, 0.717) is 5.69 Å². The van der Waals surface area contributed by atoms with Crippen LogP contribution in [0.5, 0.6) is 0 Å². The Morgan fingerprint density at radius 2 is 1.93 bits per heavy atom. The highest BCUT2D eigenvalue weighted by molar-refractivity contribution is 9.10. The van der Waals surface area contributed by atoms with Crippen LogP contribution in [0.15, 0.2) is 57.6 Å². The number of rotatable bonds is 3. The zero-order valence-corrected chi connectivity index (χ0v) is 19.5. The van der Waals surface area contributed by atoms with Gasteiger partial charge in [-0.1, -0.05) is 46.9 Å². The molecule has 9 heteroatoms. The Bertz CT molecular complexity index is 1040. The molecule has 0 saturated carbocycles. The lowest BCUT2D eigenvalue weighted by Gasteiger charge is -2.34. The zero-order chi connectivity index (χ0) is 20.4. The lowest BCUT2D eigenvalue weighted by Crippen LogP contribution is -2.47. The minimum atomic E-state index is -0.229. The van der Waals surface area contributed by atoms with E-state index in [1.54, 1.807) is 6.20 Å². The number of urea groups is 1. The van der Waals surface area contributed by atoms with Crippen molar-refractivity contribution in [1.29, 1.82) is 0 Å². The number of anilines is 2. The number of halogens is 2. The summed E-state index contributed by atoms with van der Waals surface area (Å²) >= 11 is 11.4. The summed E-state index contributed by atoms with van der Waals surface area (Å²) in [4.78, 5) is 14.8. The van der Waals surface area contributed by atoms with Crippen LogP contribution in [0.4, 0.5) is 16.3 Å². The molecular formula is C20H19Br2N5OS. The van der Waals surface area contributed by atoms with Crippen LogP contribution in [0.25, 0.3) is 10.8 Å². The summed E-state index contributed by atoms with van der Waals surface area (Å²) in [5.74, 6) is 0.887. The van der Waals surface area contributed by atoms with Gasteiger partial charge in [0, 0.05) is 38.8 Å². The van der Waals surface area contributed by atoms with Gasteiger partial charge in [0.25, 0.3) is 0 Å². The quantitative estimate of drug-likeness (QED) is 0.452. The van der Waals surface area contributed by atoms with Crippen molar-refractivity contribution >= 4 is 73.0 Å². The second-order valence-corrected chi connectivity index (χ2v) is 9.04. The molecular weight excluding hydrogens is 518 g/mol. The SMILES string of the molecule is O=C(NC1CCN(c2nncc3ccc(Br)cc23)CC1)N(S)c1ccccc1Br. The number of benzene rings is 2. The summed E-state index contributed by atoms with van der Waals surface area (Å²) in [5, 5.41) is 13.8. The van der Waals surface area contributed by atoms with Gasteiger partial charge in [0.05, 0.1) is 11.9 Å². The Kier molecular flexibility index (Phi) is 6.26. The molecule has 2 aromatic carbocycles. The largest absolute Gasteiger partial charge is 0.354 e. The highest BCUT2D eigenvalue weighted by atomic mass is 79.9. The number of fused-ring (bicyclic) bond motifs is 1. The molecule has 1 fully saturated rings. The third kappa shape index (κ3) is 4.51. The molecule has 2 heterocycles. The number of para-hydroxylation sites is 1. The Morgan fingerprint density at radius 3 is 2.69 bits per heavy atom. The Hall–Kier alpha value is -1.84. The Morgan fingerprint density at radius 1 is 1.17 bits per heavy atom. The molecule has 1 aromatic heterocycles. The highest BCUT2D eigenvalue weighted by Gasteiger charge is 2.25. The van der Waals surface area contributed by atoms with Gasteiger partial charge in [-0.05, 0) is 53.0 Å². The van der Waals surface area contributed by atoms with Gasteiger partial charge in [-0.3, -0.25) is 0 Å². The van der Waals surface area contributed by atoms with Crippen LogP contribution >= 0.6 is 44.7 Å². The third-order valence-corrected chi connectivity index (χ3v) is 6.56. The smallest absolute Gasteiger partial charge is 0.332 e. The first-order valence-corrected chi connectivity index (χ1v) is 11.2. The first-order chi connectivity index (χ1) is 14.0. The van der Waals surface area contributed by atoms with Crippen LogP contribution in [0, 0.1) is 0 Å². The van der Waals surface area contributed by atoms with Crippen molar-refractivity contribution in [2.75, 3.05) is 22.3 Å². The standard InChI is InChI=1S/C20H19Br2N5OS/c21-14-6-5-13-12-23-25-19(16(13)11-14)26-9-7-15(8-10-26)24-20(28)27(29)18-4-2-1-3-17(18)22/h1-6,11-12,15,29H,7-10H2,(H,24,28). The number of nitrogens with zero attached hydrogens (tertiary/aromatic N) is 4. The van der Waals surface area contributed by atoms with Gasteiger partial charge in [0.1, 0.15) is 0 Å². The van der Waals surface area contributed by atoms with E-state index in [2.05, 4.69) is 71.2 Å². The van der Waals surface area contributed by atoms with Gasteiger partial charge in [-0.25, -0.2) is 9.10 Å². The Labute approximate surface area is 191 Å². The number of hydrogen-bond donors (Lipinski definition) is 2. The van der Waals surface area contributed by atoms with Gasteiger partial charge in [0.15, 0.2) is 5.82 Å². The van der Waals surface area contributed by atoms with E-state index in [1.165, 1.54) is 4.31 Å². The molecule has 150 valence electrons. The van der Waals surface area contributed by atoms with Gasteiger partial charge in [-0.2, -0.15) is 5.10 Å². The number of carbonyl (C=O) groups excluding carboxylic acids is 1. The highest BCUT2D eigenvalue weighted by Crippen LogP contribution is 2.29. The summed E-state index contributed by atoms with van der Waals surface area (Å²) in [5.41, 5.74) is 0.711. The summed E-state index contributed by atoms with van der Waals surface area (Å²) in [6, 6.07) is 13.5. The van der Waals surface area contributed by atoms with Crippen LogP contribution in [0.2, 0.25) is 0 Å². The van der Waals surface area contributed by atoms with Gasteiger partial charge in [-0.15, -0.1) is 5.10 Å². The van der Waals surface area contributed by atoms with Crippen molar-refractivity contribution in [1.82, 2.24) is 15.5 Å². The molecule has 0 aliphatic carbocycles. The van der Waals surface area contributed by atoms with E-state index < -0.39 is 0 Å². The van der Waals surface area contributed by atoms with E-state index in [9.17, 15) is 4.79 Å². The second-order valence-electron chi connectivity index (χ2n) is 6.87. The first kappa shape index (κ1) is 20.4. The maximum absolute atomic E-state index is 12.6. The fraction of sp³-hybridized carbons (Fsp3) is 0.250. The molecule has 1 aliphatic rings. The molecule has 2 amide bonds. The average Bonchev–Trinajstić information content (AvgIpc) is 2.74. The molecule has 1 aliphatic heterocycles. The van der Waals surface area contributed by atoms with Crippen molar-refractivity contribution in [2.24, 2.45) is 0 Å². The number of amides is 2. The predicted molar refractivity (Wildman–Crippen MR) is 127 cm³/mol. The number of hydrogen-bond acceptors (Lipinski definition) is 5. The number of aromatic nitrogens is 2. The van der Waals surface area contributed by atoms with Crippen molar-refractivity contribution in [3.63, 3.8) is 0 Å². The average molecular weight is 537 g/mol. The molecule has 0 atom stereocenters. The van der Waals surface area contributed by atoms with Crippen molar-refractivity contribution in [2.45, 2.75) is 18.9 Å². The third-order valence-electron chi connectivity index (χ3n) is 5.00. The molecule has 6 nitrogen and oxygen atoms in total. The first-order valence-electron chi connectivity index (χ1n) is 9.23. The second kappa shape index (κ2) is 8.89. The minimum absolute atomic E-state index is 0.0885. The molecule has 3 aromatic rings. The molecule has 0 bridgehead atoms. The monoisotopic (exact) mass is 535 g/mol. The van der Waals surface area contributed by atoms with E-state index in [0.717, 1.165) is 51.5 Å². The van der Waals surface area contributed by atoms with Crippen LogP contribution in [0.1, 0.15) is 12.8 Å². The molecule has 0 spiro atoms. The normalized spacial score (nSPS) is 14.8. The topological polar surface area (TPSA) is 61.4 Å². The number of carbonyl (C=O) groups is 1. The van der Waals surface area contributed by atoms with E-state index in [-0.39, 0.29) is 12.1 Å². The molecule has 29 heavy (non-hydrogen) atoms. The van der Waals surface area contributed by atoms with Crippen LogP contribution < -0.4 is 14.5 Å². The summed E-state index contributed by atoms with van der Waals surface area (Å²) in [6.45, 7) is 1.60. The van der Waals surface area contributed by atoms with Crippen molar-refractivity contribution in [3.05, 3.63) is 57.6 Å². The zero-order valence-electron chi connectivity index (χ0n) is 15.4. The van der Waals surface area contributed by atoms with Gasteiger partial charge in [0.2, 0.25) is 0 Å². The van der Waals surface area contributed by atoms with Gasteiger partial charge < -0.3 is 10.2 Å². The molecule has 0 radical (unpaired) electrons. The van der Waals surface area contributed by atoms with Crippen molar-refractivity contribution in [3.8, 4) is 0 Å². The predicted octanol–water partition coefficient (Wildman–Crippen LogP) is 5.18. The van der Waals surface area contributed by atoms with Crippen LogP contribution in [-0.4, -0.2) is 35.4 Å². The fourth-order valence-corrected chi connectivity index (χ4v) is 4.66. The van der Waals surface area contributed by atoms with E-state index in [4.69, 9.17) is 0 Å². The number of thiol groups is 1. The van der Waals surface area contributed by atoms with Crippen LogP contribution in [0.3, 0.4) is 0 Å². The number of piperidine rings is 1. The maximum atomic E-state index is 12.6. The fourth-order valence-electron chi connectivity index (χ4n) is 3.47. The summed E-state index contributed by atoms with van der Waals surface area (Å²) in [6.07, 6.45) is 3.44. The lowest BCUT2D eigenvalue weighted by atomic mass is 10.0. The van der Waals surface area contributed by atoms with Crippen LogP contribution in [-0.2, 0) is 0 Å². The summed E-state index contributed by atoms with van der Waals surface area (Å²) in [7, 11) is 0. The Balaban J connectivity index is 1.41. The molecule has 1 saturated heterocycles. The molecule has 0 unspecified atom stereocenters. The lowest BCUT2D eigenvalue weighted by molar-refractivity contribution is 0.243. The molecule has 4 rings (SSSR count). The minimum Gasteiger partial charge on any atom is -0.354 e.